The SMILES string of the molecule is CCCNc1cncc(-c2cccc(C)c2)n1. The molecule has 0 aliphatic carbocycles. The summed E-state index contributed by atoms with van der Waals surface area (Å²) in [4.78, 5) is 8.77. The summed E-state index contributed by atoms with van der Waals surface area (Å²) in [5.74, 6) is 0.839. The molecule has 0 atom stereocenters. The van der Waals surface area contributed by atoms with Gasteiger partial charge in [-0.05, 0) is 19.4 Å². The van der Waals surface area contributed by atoms with E-state index in [1.54, 1.807) is 12.4 Å². The monoisotopic (exact) mass is 227 g/mol. The maximum absolute atomic E-state index is 4.55. The number of rotatable bonds is 4. The summed E-state index contributed by atoms with van der Waals surface area (Å²) in [5.41, 5.74) is 3.25. The van der Waals surface area contributed by atoms with Crippen LogP contribution in [-0.4, -0.2) is 16.5 Å². The fraction of sp³-hybridized carbons (Fsp3) is 0.286. The number of hydrogen-bond donors (Lipinski definition) is 1. The van der Waals surface area contributed by atoms with E-state index in [4.69, 9.17) is 0 Å². The van der Waals surface area contributed by atoms with Crippen molar-refractivity contribution in [3.63, 3.8) is 0 Å². The molecule has 0 saturated heterocycles. The van der Waals surface area contributed by atoms with Crippen molar-refractivity contribution in [3.05, 3.63) is 42.2 Å². The van der Waals surface area contributed by atoms with Crippen LogP contribution >= 0.6 is 0 Å². The van der Waals surface area contributed by atoms with Crippen LogP contribution in [-0.2, 0) is 0 Å². The molecule has 2 aromatic rings. The number of aryl methyl sites for hydroxylation is 1. The number of benzene rings is 1. The van der Waals surface area contributed by atoms with Gasteiger partial charge in [0, 0.05) is 12.1 Å². The predicted molar refractivity (Wildman–Crippen MR) is 71.0 cm³/mol. The van der Waals surface area contributed by atoms with Gasteiger partial charge in [-0.2, -0.15) is 0 Å². The first-order valence-electron chi connectivity index (χ1n) is 5.92. The molecule has 17 heavy (non-hydrogen) atoms. The Labute approximate surface area is 102 Å². The summed E-state index contributed by atoms with van der Waals surface area (Å²) in [5, 5.41) is 3.25. The summed E-state index contributed by atoms with van der Waals surface area (Å²) in [6, 6.07) is 8.29. The van der Waals surface area contributed by atoms with Gasteiger partial charge in [-0.25, -0.2) is 4.98 Å². The highest BCUT2D eigenvalue weighted by atomic mass is 15.0. The predicted octanol–water partition coefficient (Wildman–Crippen LogP) is 3.27. The van der Waals surface area contributed by atoms with Gasteiger partial charge in [0.25, 0.3) is 0 Å². The molecule has 2 rings (SSSR count). The summed E-state index contributed by atoms with van der Waals surface area (Å²) in [6.07, 6.45) is 4.64. The van der Waals surface area contributed by atoms with Crippen LogP contribution in [0.4, 0.5) is 5.82 Å². The molecule has 0 aliphatic heterocycles. The molecular formula is C14H17N3. The van der Waals surface area contributed by atoms with Crippen molar-refractivity contribution >= 4 is 5.82 Å². The fourth-order valence-corrected chi connectivity index (χ4v) is 1.65. The van der Waals surface area contributed by atoms with E-state index in [-0.39, 0.29) is 0 Å². The normalized spacial score (nSPS) is 10.2. The zero-order valence-electron chi connectivity index (χ0n) is 10.3. The van der Waals surface area contributed by atoms with E-state index in [0.29, 0.717) is 0 Å². The Hall–Kier alpha value is -1.90. The van der Waals surface area contributed by atoms with E-state index in [9.17, 15) is 0 Å². The van der Waals surface area contributed by atoms with Crippen LogP contribution in [0.25, 0.3) is 11.3 Å². The third kappa shape index (κ3) is 3.03. The highest BCUT2D eigenvalue weighted by Gasteiger charge is 2.01. The molecule has 0 saturated carbocycles. The maximum atomic E-state index is 4.55. The number of nitrogens with zero attached hydrogens (tertiary/aromatic N) is 2. The van der Waals surface area contributed by atoms with Gasteiger partial charge < -0.3 is 5.32 Å². The summed E-state index contributed by atoms with van der Waals surface area (Å²) in [7, 11) is 0. The number of anilines is 1. The molecule has 0 bridgehead atoms. The number of nitrogens with one attached hydrogen (secondary N) is 1. The van der Waals surface area contributed by atoms with Crippen LogP contribution in [0.3, 0.4) is 0 Å². The Morgan fingerprint density at radius 2 is 2.12 bits per heavy atom. The molecular weight excluding hydrogens is 210 g/mol. The van der Waals surface area contributed by atoms with Crippen molar-refractivity contribution in [3.8, 4) is 11.3 Å². The minimum atomic E-state index is 0.839. The molecule has 3 heteroatoms. The summed E-state index contributed by atoms with van der Waals surface area (Å²) in [6.45, 7) is 5.13. The molecule has 0 amide bonds. The third-order valence-electron chi connectivity index (χ3n) is 2.50. The first kappa shape index (κ1) is 11.6. The lowest BCUT2D eigenvalue weighted by molar-refractivity contribution is 0.965. The molecule has 1 N–H and O–H groups in total. The largest absolute Gasteiger partial charge is 0.369 e. The Bertz CT molecular complexity index is 494. The fourth-order valence-electron chi connectivity index (χ4n) is 1.65. The second-order valence-electron chi connectivity index (χ2n) is 4.09. The molecule has 0 fully saturated rings. The molecule has 3 nitrogen and oxygen atoms in total. The van der Waals surface area contributed by atoms with Gasteiger partial charge in [0.15, 0.2) is 0 Å². The van der Waals surface area contributed by atoms with Crippen molar-refractivity contribution < 1.29 is 0 Å². The molecule has 1 heterocycles. The van der Waals surface area contributed by atoms with E-state index in [1.807, 2.05) is 6.07 Å². The standard InChI is InChI=1S/C14H17N3/c1-3-7-16-14-10-15-9-13(17-14)12-6-4-5-11(2)8-12/h4-6,8-10H,3,7H2,1-2H3,(H,16,17). The van der Waals surface area contributed by atoms with E-state index < -0.39 is 0 Å². The van der Waals surface area contributed by atoms with Crippen LogP contribution in [0.15, 0.2) is 36.7 Å². The number of aromatic nitrogens is 2. The van der Waals surface area contributed by atoms with Crippen molar-refractivity contribution in [2.75, 3.05) is 11.9 Å². The number of hydrogen-bond acceptors (Lipinski definition) is 3. The van der Waals surface area contributed by atoms with Gasteiger partial charge in [-0.1, -0.05) is 30.7 Å². The van der Waals surface area contributed by atoms with Crippen LogP contribution in [0.2, 0.25) is 0 Å². The minimum absolute atomic E-state index is 0.839. The van der Waals surface area contributed by atoms with Gasteiger partial charge in [-0.15, -0.1) is 0 Å². The second kappa shape index (κ2) is 5.43. The molecule has 88 valence electrons. The van der Waals surface area contributed by atoms with Crippen molar-refractivity contribution in [1.29, 1.82) is 0 Å². The highest BCUT2D eigenvalue weighted by Crippen LogP contribution is 2.18. The zero-order valence-corrected chi connectivity index (χ0v) is 10.3. The highest BCUT2D eigenvalue weighted by molar-refractivity contribution is 5.60. The maximum Gasteiger partial charge on any atom is 0.145 e. The van der Waals surface area contributed by atoms with Gasteiger partial charge >= 0.3 is 0 Å². The quantitative estimate of drug-likeness (QED) is 0.871. The third-order valence-corrected chi connectivity index (χ3v) is 2.50. The molecule has 0 radical (unpaired) electrons. The Balaban J connectivity index is 2.26. The molecule has 0 spiro atoms. The van der Waals surface area contributed by atoms with Gasteiger partial charge in [-0.3, -0.25) is 4.98 Å². The first-order valence-corrected chi connectivity index (χ1v) is 5.92. The minimum Gasteiger partial charge on any atom is -0.369 e. The van der Waals surface area contributed by atoms with Crippen LogP contribution in [0.5, 0.6) is 0 Å². The van der Waals surface area contributed by atoms with E-state index in [2.05, 4.69) is 47.3 Å². The van der Waals surface area contributed by atoms with Crippen molar-refractivity contribution in [2.24, 2.45) is 0 Å². The summed E-state index contributed by atoms with van der Waals surface area (Å²) < 4.78 is 0. The van der Waals surface area contributed by atoms with E-state index in [0.717, 1.165) is 30.0 Å². The summed E-state index contributed by atoms with van der Waals surface area (Å²) >= 11 is 0. The Kier molecular flexibility index (Phi) is 3.70. The van der Waals surface area contributed by atoms with Crippen LogP contribution in [0, 0.1) is 6.92 Å². The van der Waals surface area contributed by atoms with E-state index in [1.165, 1.54) is 5.56 Å². The molecule has 1 aromatic heterocycles. The lowest BCUT2D eigenvalue weighted by Crippen LogP contribution is -2.02. The van der Waals surface area contributed by atoms with Gasteiger partial charge in [0.05, 0.1) is 18.1 Å². The average molecular weight is 227 g/mol. The molecule has 1 aromatic carbocycles. The van der Waals surface area contributed by atoms with Crippen molar-refractivity contribution in [1.82, 2.24) is 9.97 Å². The molecule has 0 aliphatic rings. The Morgan fingerprint density at radius 1 is 1.24 bits per heavy atom. The second-order valence-corrected chi connectivity index (χ2v) is 4.09. The Morgan fingerprint density at radius 3 is 2.88 bits per heavy atom. The van der Waals surface area contributed by atoms with Gasteiger partial charge in [0.2, 0.25) is 0 Å². The average Bonchev–Trinajstić information content (AvgIpc) is 2.37. The van der Waals surface area contributed by atoms with Crippen molar-refractivity contribution in [2.45, 2.75) is 20.3 Å². The van der Waals surface area contributed by atoms with Gasteiger partial charge in [0.1, 0.15) is 5.82 Å². The lowest BCUT2D eigenvalue weighted by Gasteiger charge is -2.06. The van der Waals surface area contributed by atoms with Crippen LogP contribution < -0.4 is 5.32 Å². The van der Waals surface area contributed by atoms with Crippen LogP contribution in [0.1, 0.15) is 18.9 Å². The molecule has 0 unspecified atom stereocenters. The lowest BCUT2D eigenvalue weighted by atomic mass is 10.1. The first-order chi connectivity index (χ1) is 8.29. The van der Waals surface area contributed by atoms with E-state index >= 15 is 0 Å². The smallest absolute Gasteiger partial charge is 0.145 e. The zero-order chi connectivity index (χ0) is 12.1. The topological polar surface area (TPSA) is 37.8 Å².